The fourth-order valence-electron chi connectivity index (χ4n) is 1.64. The smallest absolute Gasteiger partial charge is 0.382 e. The van der Waals surface area contributed by atoms with Crippen molar-refractivity contribution in [1.82, 2.24) is 10.2 Å². The molecule has 0 saturated heterocycles. The Hall–Kier alpha value is -2.51. The normalized spacial score (nSPS) is 11.5. The van der Waals surface area contributed by atoms with E-state index in [1.54, 1.807) is 0 Å². The molecule has 8 heteroatoms. The van der Waals surface area contributed by atoms with Gasteiger partial charge in [0.1, 0.15) is 5.56 Å². The number of carbonyl (C=O) groups excluding carboxylic acids is 1. The van der Waals surface area contributed by atoms with Crippen LogP contribution in [0.1, 0.15) is 15.9 Å². The second-order valence-corrected chi connectivity index (χ2v) is 3.80. The van der Waals surface area contributed by atoms with Crippen LogP contribution >= 0.6 is 0 Å². The van der Waals surface area contributed by atoms with Crippen LogP contribution in [-0.2, 0) is 6.18 Å². The molecule has 1 amide bonds. The Balaban J connectivity index is 2.46. The maximum absolute atomic E-state index is 12.4. The summed E-state index contributed by atoms with van der Waals surface area (Å²) >= 11 is 0. The zero-order valence-electron chi connectivity index (χ0n) is 9.45. The third-order valence-electron chi connectivity index (χ3n) is 2.54. The van der Waals surface area contributed by atoms with Crippen molar-refractivity contribution in [3.05, 3.63) is 35.4 Å². The monoisotopic (exact) mass is 270 g/mol. The lowest BCUT2D eigenvalue weighted by Crippen LogP contribution is -2.13. The van der Waals surface area contributed by atoms with Gasteiger partial charge in [0.05, 0.1) is 11.3 Å². The van der Waals surface area contributed by atoms with E-state index >= 15 is 0 Å². The van der Waals surface area contributed by atoms with Gasteiger partial charge in [0, 0.05) is 5.56 Å². The molecular formula is C11H9F3N4O. The number of rotatable bonds is 2. The van der Waals surface area contributed by atoms with Crippen LogP contribution in [0.15, 0.2) is 24.3 Å². The highest BCUT2D eigenvalue weighted by Gasteiger charge is 2.30. The average molecular weight is 270 g/mol. The number of nitrogens with zero attached hydrogens (tertiary/aromatic N) is 1. The molecule has 0 aliphatic carbocycles. The van der Waals surface area contributed by atoms with E-state index in [-0.39, 0.29) is 17.1 Å². The molecule has 0 radical (unpaired) electrons. The standard InChI is InChI=1S/C11H9F3N4O/c12-11(13,14)6-3-1-5(2-4-6)8-7(10(16)19)9(15)18-17-8/h1-4H,(H2,16,19)(H3,15,17,18). The van der Waals surface area contributed by atoms with E-state index < -0.39 is 17.6 Å². The molecule has 0 bridgehead atoms. The van der Waals surface area contributed by atoms with Gasteiger partial charge in [-0.1, -0.05) is 12.1 Å². The van der Waals surface area contributed by atoms with Crippen LogP contribution in [0.5, 0.6) is 0 Å². The first-order valence-electron chi connectivity index (χ1n) is 5.12. The first-order chi connectivity index (χ1) is 8.80. The summed E-state index contributed by atoms with van der Waals surface area (Å²) in [6.07, 6.45) is -4.42. The molecule has 5 nitrogen and oxygen atoms in total. The number of H-pyrrole nitrogens is 1. The number of halogens is 3. The lowest BCUT2D eigenvalue weighted by atomic mass is 10.1. The molecule has 0 unspecified atom stereocenters. The quantitative estimate of drug-likeness (QED) is 0.775. The van der Waals surface area contributed by atoms with Gasteiger partial charge < -0.3 is 11.5 Å². The van der Waals surface area contributed by atoms with E-state index in [9.17, 15) is 18.0 Å². The van der Waals surface area contributed by atoms with Crippen molar-refractivity contribution in [2.24, 2.45) is 5.73 Å². The van der Waals surface area contributed by atoms with E-state index in [0.717, 1.165) is 12.1 Å². The number of nitrogens with two attached hydrogens (primary N) is 2. The molecular weight excluding hydrogens is 261 g/mol. The molecule has 19 heavy (non-hydrogen) atoms. The van der Waals surface area contributed by atoms with E-state index in [1.807, 2.05) is 0 Å². The maximum atomic E-state index is 12.4. The predicted octanol–water partition coefficient (Wildman–Crippen LogP) is 1.78. The minimum absolute atomic E-state index is 0.0419. The van der Waals surface area contributed by atoms with Gasteiger partial charge in [-0.05, 0) is 12.1 Å². The van der Waals surface area contributed by atoms with Gasteiger partial charge in [-0.15, -0.1) is 0 Å². The number of alkyl halides is 3. The van der Waals surface area contributed by atoms with Crippen molar-refractivity contribution < 1.29 is 18.0 Å². The molecule has 0 aliphatic rings. The summed E-state index contributed by atoms with van der Waals surface area (Å²) in [5.74, 6) is -0.899. The number of hydrogen-bond donors (Lipinski definition) is 3. The van der Waals surface area contributed by atoms with Crippen LogP contribution in [0.25, 0.3) is 11.3 Å². The van der Waals surface area contributed by atoms with E-state index in [1.165, 1.54) is 12.1 Å². The Morgan fingerprint density at radius 3 is 2.26 bits per heavy atom. The molecule has 1 aromatic heterocycles. The summed E-state index contributed by atoms with van der Waals surface area (Å²) in [5, 5.41) is 6.09. The Labute approximate surface area is 105 Å². The van der Waals surface area contributed by atoms with Crippen molar-refractivity contribution in [2.75, 3.05) is 5.73 Å². The lowest BCUT2D eigenvalue weighted by Gasteiger charge is -2.07. The van der Waals surface area contributed by atoms with Crippen molar-refractivity contribution in [3.63, 3.8) is 0 Å². The van der Waals surface area contributed by atoms with Crippen molar-refractivity contribution in [3.8, 4) is 11.3 Å². The number of aromatic amines is 1. The third kappa shape index (κ3) is 2.37. The highest BCUT2D eigenvalue weighted by atomic mass is 19.4. The number of benzene rings is 1. The van der Waals surface area contributed by atoms with Crippen LogP contribution < -0.4 is 11.5 Å². The minimum atomic E-state index is -4.42. The highest BCUT2D eigenvalue weighted by Crippen LogP contribution is 2.31. The molecule has 100 valence electrons. The lowest BCUT2D eigenvalue weighted by molar-refractivity contribution is -0.137. The van der Waals surface area contributed by atoms with Crippen LogP contribution in [0.3, 0.4) is 0 Å². The van der Waals surface area contributed by atoms with Gasteiger partial charge in [0.15, 0.2) is 5.82 Å². The molecule has 2 rings (SSSR count). The largest absolute Gasteiger partial charge is 0.416 e. The summed E-state index contributed by atoms with van der Waals surface area (Å²) in [6, 6.07) is 4.22. The second-order valence-electron chi connectivity index (χ2n) is 3.80. The van der Waals surface area contributed by atoms with E-state index in [2.05, 4.69) is 10.2 Å². The molecule has 5 N–H and O–H groups in total. The van der Waals surface area contributed by atoms with Gasteiger partial charge >= 0.3 is 6.18 Å². The zero-order valence-corrected chi connectivity index (χ0v) is 9.45. The minimum Gasteiger partial charge on any atom is -0.382 e. The first kappa shape index (κ1) is 12.9. The summed E-state index contributed by atoms with van der Waals surface area (Å²) in [4.78, 5) is 11.2. The summed E-state index contributed by atoms with van der Waals surface area (Å²) < 4.78 is 37.3. The average Bonchev–Trinajstić information content (AvgIpc) is 2.70. The molecule has 0 atom stereocenters. The summed E-state index contributed by atoms with van der Waals surface area (Å²) in [6.45, 7) is 0. The Morgan fingerprint density at radius 2 is 1.79 bits per heavy atom. The van der Waals surface area contributed by atoms with Crippen LogP contribution in [0.4, 0.5) is 19.0 Å². The molecule has 0 fully saturated rings. The van der Waals surface area contributed by atoms with Crippen molar-refractivity contribution in [1.29, 1.82) is 0 Å². The van der Waals surface area contributed by atoms with Crippen LogP contribution in [0, 0.1) is 0 Å². The Kier molecular flexibility index (Phi) is 2.93. The fourth-order valence-corrected chi connectivity index (χ4v) is 1.64. The second kappa shape index (κ2) is 4.30. The Morgan fingerprint density at radius 1 is 1.21 bits per heavy atom. The molecule has 2 aromatic rings. The van der Waals surface area contributed by atoms with Gasteiger partial charge in [0.25, 0.3) is 5.91 Å². The number of hydrogen-bond acceptors (Lipinski definition) is 3. The molecule has 0 spiro atoms. The molecule has 1 aromatic carbocycles. The number of aromatic nitrogens is 2. The number of anilines is 1. The van der Waals surface area contributed by atoms with Gasteiger partial charge in [-0.2, -0.15) is 18.3 Å². The van der Waals surface area contributed by atoms with Crippen molar-refractivity contribution in [2.45, 2.75) is 6.18 Å². The Bertz CT molecular complexity index is 616. The van der Waals surface area contributed by atoms with Gasteiger partial charge in [0.2, 0.25) is 0 Å². The van der Waals surface area contributed by atoms with Crippen molar-refractivity contribution >= 4 is 11.7 Å². The third-order valence-corrected chi connectivity index (χ3v) is 2.54. The number of nitrogen functional groups attached to an aromatic ring is 1. The number of carbonyl (C=O) groups is 1. The SMILES string of the molecule is NC(=O)c1c(N)n[nH]c1-c1ccc(C(F)(F)F)cc1. The van der Waals surface area contributed by atoms with E-state index in [0.29, 0.717) is 5.56 Å². The topological polar surface area (TPSA) is 97.8 Å². The van der Waals surface area contributed by atoms with Gasteiger partial charge in [-0.25, -0.2) is 0 Å². The number of amides is 1. The van der Waals surface area contributed by atoms with Crippen LogP contribution in [-0.4, -0.2) is 16.1 Å². The molecule has 0 saturated carbocycles. The molecule has 0 aliphatic heterocycles. The maximum Gasteiger partial charge on any atom is 0.416 e. The molecule has 1 heterocycles. The first-order valence-corrected chi connectivity index (χ1v) is 5.12. The van der Waals surface area contributed by atoms with Gasteiger partial charge in [-0.3, -0.25) is 9.89 Å². The predicted molar refractivity (Wildman–Crippen MR) is 62.0 cm³/mol. The zero-order chi connectivity index (χ0) is 14.2. The number of nitrogens with one attached hydrogen (secondary N) is 1. The number of primary amides is 1. The fraction of sp³-hybridized carbons (Fsp3) is 0.0909. The summed E-state index contributed by atoms with van der Waals surface area (Å²) in [5.41, 5.74) is 10.3. The summed E-state index contributed by atoms with van der Waals surface area (Å²) in [7, 11) is 0. The highest BCUT2D eigenvalue weighted by molar-refractivity contribution is 6.03. The van der Waals surface area contributed by atoms with Crippen LogP contribution in [0.2, 0.25) is 0 Å². The van der Waals surface area contributed by atoms with E-state index in [4.69, 9.17) is 11.5 Å².